The molecule has 16 aromatic carbocycles. The normalized spacial score (nSPS) is 11.0. The maximum atomic E-state index is 6.80. The molecule has 0 heterocycles. The molecule has 0 spiro atoms. The fourth-order valence-corrected chi connectivity index (χ4v) is 12.3. The van der Waals surface area contributed by atoms with Gasteiger partial charge in [-0.1, -0.05) is 194 Å². The zero-order chi connectivity index (χ0) is 66.8. The number of nitrogens with zero attached hydrogens (tertiary/aromatic N) is 2. The molecule has 0 aliphatic carbocycles. The largest absolute Gasteiger partial charge is 0.457 e. The van der Waals surface area contributed by atoms with E-state index in [1.54, 1.807) is 0 Å². The van der Waals surface area contributed by atoms with Crippen molar-refractivity contribution in [3.05, 3.63) is 376 Å². The van der Waals surface area contributed by atoms with Crippen LogP contribution in [-0.4, -0.2) is 0 Å². The van der Waals surface area contributed by atoms with Gasteiger partial charge in [-0.05, 0) is 131 Å². The van der Waals surface area contributed by atoms with Crippen LogP contribution in [0.4, 0.5) is 34.1 Å². The van der Waals surface area contributed by atoms with Gasteiger partial charge in [-0.2, -0.15) is 0 Å². The Kier molecular flexibility index (Phi) is 17.3. The van der Waals surface area contributed by atoms with Crippen LogP contribution in [0, 0.1) is 0 Å². The van der Waals surface area contributed by atoms with Crippen LogP contribution in [0.15, 0.2) is 376 Å². The lowest BCUT2D eigenvalue weighted by atomic mass is 9.93. The van der Waals surface area contributed by atoms with E-state index in [0.717, 1.165) is 66.4 Å². The van der Waals surface area contributed by atoms with Crippen LogP contribution in [0.2, 0.25) is 0 Å². The summed E-state index contributed by atoms with van der Waals surface area (Å²) in [6.45, 7) is 0. The molecule has 0 aliphatic rings. The van der Waals surface area contributed by atoms with Crippen molar-refractivity contribution in [1.82, 2.24) is 0 Å². The van der Waals surface area contributed by atoms with Crippen molar-refractivity contribution in [3.63, 3.8) is 0 Å². The summed E-state index contributed by atoms with van der Waals surface area (Å²) in [4.78, 5) is 4.47. The molecule has 480 valence electrons. The average molecular weight is 1300 g/mol. The summed E-state index contributed by atoms with van der Waals surface area (Å²) >= 11 is 0. The highest BCUT2D eigenvalue weighted by Gasteiger charge is 2.27. The minimum atomic E-state index is 0.545. The van der Waals surface area contributed by atoms with E-state index in [2.05, 4.69) is 70.5 Å². The summed E-state index contributed by atoms with van der Waals surface area (Å²) in [5, 5.41) is 5.72. The van der Waals surface area contributed by atoms with Crippen molar-refractivity contribution >= 4 is 66.4 Å². The van der Waals surface area contributed by atoms with E-state index in [-0.39, 0.29) is 0 Å². The number of rotatable bonds is 22. The minimum absolute atomic E-state index is 0.545. The van der Waals surface area contributed by atoms with E-state index in [1.165, 1.54) is 0 Å². The highest BCUT2D eigenvalue weighted by Crippen LogP contribution is 2.52. The van der Waals surface area contributed by atoms with Crippen molar-refractivity contribution in [1.29, 1.82) is 0 Å². The lowest BCUT2D eigenvalue weighted by molar-refractivity contribution is 0.459. The Labute approximate surface area is 579 Å². The van der Waals surface area contributed by atoms with Gasteiger partial charge in [0.15, 0.2) is 0 Å². The first-order valence-corrected chi connectivity index (χ1v) is 32.9. The van der Waals surface area contributed by atoms with Gasteiger partial charge in [0, 0.05) is 83.6 Å². The average Bonchev–Trinajstić information content (AvgIpc) is 0.724. The highest BCUT2D eigenvalue weighted by atomic mass is 16.5. The Morgan fingerprint density at radius 3 is 0.470 bits per heavy atom. The molecule has 10 nitrogen and oxygen atoms in total. The molecule has 0 radical (unpaired) electrons. The van der Waals surface area contributed by atoms with Crippen molar-refractivity contribution in [2.75, 3.05) is 9.80 Å². The molecular formula is C90H62N2O8. The second kappa shape index (κ2) is 28.3. The van der Waals surface area contributed by atoms with Crippen LogP contribution < -0.4 is 47.7 Å². The quantitative estimate of drug-likeness (QED) is 0.0612. The van der Waals surface area contributed by atoms with Gasteiger partial charge in [0.2, 0.25) is 0 Å². The number of hydrogen-bond acceptors (Lipinski definition) is 10. The van der Waals surface area contributed by atoms with E-state index >= 15 is 0 Å². The van der Waals surface area contributed by atoms with Gasteiger partial charge in [-0.25, -0.2) is 0 Å². The van der Waals surface area contributed by atoms with Crippen molar-refractivity contribution in [2.45, 2.75) is 0 Å². The molecular weight excluding hydrogens is 1240 g/mol. The van der Waals surface area contributed by atoms with Gasteiger partial charge in [0.05, 0.1) is 34.1 Å². The van der Waals surface area contributed by atoms with E-state index < -0.39 is 0 Å². The monoisotopic (exact) mass is 1300 g/mol. The van der Waals surface area contributed by atoms with Gasteiger partial charge in [-0.3, -0.25) is 0 Å². The molecule has 0 aromatic heterocycles. The van der Waals surface area contributed by atoms with Gasteiger partial charge >= 0.3 is 0 Å². The number of ether oxygens (including phenoxy) is 8. The van der Waals surface area contributed by atoms with Crippen LogP contribution in [0.3, 0.4) is 0 Å². The van der Waals surface area contributed by atoms with Crippen LogP contribution in [0.1, 0.15) is 0 Å². The molecule has 0 unspecified atom stereocenters. The van der Waals surface area contributed by atoms with Gasteiger partial charge < -0.3 is 47.7 Å². The van der Waals surface area contributed by atoms with Crippen molar-refractivity contribution in [2.24, 2.45) is 0 Å². The Bertz CT molecular complexity index is 4640. The summed E-state index contributed by atoms with van der Waals surface area (Å²) < 4.78 is 54.4. The molecule has 0 aliphatic heterocycles. The second-order valence-electron chi connectivity index (χ2n) is 23.6. The minimum Gasteiger partial charge on any atom is -0.457 e. The SMILES string of the molecule is c1ccc(Oc2cc(Oc3ccccc3)cc(N(c3cc(Oc4ccccc4)cc(Oc4ccccc4)c3)c3cc4c5ccccc5c(N(c5cc(Oc6ccccc6)cc(Oc6ccccc6)c5)c5cc(Oc6ccccc6)cc(Oc6ccccc6)c5)cc4c4ccccc34)c2)cc1. The highest BCUT2D eigenvalue weighted by molar-refractivity contribution is 6.24. The van der Waals surface area contributed by atoms with E-state index in [9.17, 15) is 0 Å². The zero-order valence-corrected chi connectivity index (χ0v) is 54.0. The van der Waals surface area contributed by atoms with Crippen molar-refractivity contribution < 1.29 is 37.9 Å². The van der Waals surface area contributed by atoms with E-state index in [0.29, 0.717) is 92.0 Å². The number of para-hydroxylation sites is 8. The second-order valence-corrected chi connectivity index (χ2v) is 23.6. The molecule has 10 heteroatoms. The maximum Gasteiger partial charge on any atom is 0.133 e. The third-order valence-corrected chi connectivity index (χ3v) is 16.6. The van der Waals surface area contributed by atoms with Gasteiger partial charge in [-0.15, -0.1) is 0 Å². The lowest BCUT2D eigenvalue weighted by Gasteiger charge is -2.31. The topological polar surface area (TPSA) is 80.3 Å². The first kappa shape index (κ1) is 61.2. The molecule has 0 saturated carbocycles. The van der Waals surface area contributed by atoms with Crippen LogP contribution in [0.25, 0.3) is 32.3 Å². The number of anilines is 6. The van der Waals surface area contributed by atoms with Crippen LogP contribution in [0.5, 0.6) is 92.0 Å². The third-order valence-electron chi connectivity index (χ3n) is 16.6. The summed E-state index contributed by atoms with van der Waals surface area (Å²) in [5.41, 5.74) is 4.55. The Balaban J connectivity index is 0.960. The summed E-state index contributed by atoms with van der Waals surface area (Å²) in [6.07, 6.45) is 0. The maximum absolute atomic E-state index is 6.80. The fourth-order valence-electron chi connectivity index (χ4n) is 12.3. The lowest BCUT2D eigenvalue weighted by Crippen LogP contribution is -2.13. The van der Waals surface area contributed by atoms with Gasteiger partial charge in [0.25, 0.3) is 0 Å². The molecule has 0 bridgehead atoms. The predicted octanol–water partition coefficient (Wildman–Crippen LogP) is 26.4. The Morgan fingerprint density at radius 1 is 0.130 bits per heavy atom. The first-order chi connectivity index (χ1) is 49.5. The summed E-state index contributed by atoms with van der Waals surface area (Å²) in [7, 11) is 0. The number of fused-ring (bicyclic) bond motifs is 5. The molecule has 0 atom stereocenters. The molecule has 0 fully saturated rings. The molecule has 0 saturated heterocycles. The smallest absolute Gasteiger partial charge is 0.133 e. The van der Waals surface area contributed by atoms with Crippen LogP contribution >= 0.6 is 0 Å². The summed E-state index contributed by atoms with van der Waals surface area (Å²) in [6, 6.07) is 124. The molecule has 100 heavy (non-hydrogen) atoms. The number of hydrogen-bond donors (Lipinski definition) is 0. The van der Waals surface area contributed by atoms with Crippen molar-refractivity contribution in [3.8, 4) is 92.0 Å². The number of benzene rings is 16. The third kappa shape index (κ3) is 14.0. The predicted molar refractivity (Wildman–Crippen MR) is 400 cm³/mol. The Hall–Kier alpha value is -13.7. The van der Waals surface area contributed by atoms with Gasteiger partial charge in [0.1, 0.15) is 92.0 Å². The zero-order valence-electron chi connectivity index (χ0n) is 54.0. The standard InChI is InChI=1S/C90H62N2O8/c1-9-29-67(30-10-1)93-75-49-63(50-76(57-75)94-68-31-11-2-12-32-68)91(64-51-77(95-69-33-13-3-14-34-69)58-78(52-64)96-70-35-15-4-16-36-70)89-61-87-84-46-26-28-48-86(84)90(62-88(87)83-45-25-27-47-85(83)89)92(65-53-79(97-71-37-17-5-18-38-71)59-80(54-65)98-72-39-19-6-20-40-72)66-55-81(99-73-41-21-7-22-42-73)60-82(56-66)100-74-43-23-8-24-44-74/h1-62H. The molecule has 0 amide bonds. The van der Waals surface area contributed by atoms with E-state index in [1.807, 2.05) is 315 Å². The molecule has 0 N–H and O–H groups in total. The fraction of sp³-hybridized carbons (Fsp3) is 0. The van der Waals surface area contributed by atoms with E-state index in [4.69, 9.17) is 37.9 Å². The van der Waals surface area contributed by atoms with Crippen LogP contribution in [-0.2, 0) is 0 Å². The Morgan fingerprint density at radius 2 is 0.290 bits per heavy atom. The molecule has 16 rings (SSSR count). The first-order valence-electron chi connectivity index (χ1n) is 32.9. The molecule has 16 aromatic rings. The summed E-state index contributed by atoms with van der Waals surface area (Å²) in [5.74, 6) is 9.63.